The molecule has 0 bridgehead atoms. The summed E-state index contributed by atoms with van der Waals surface area (Å²) in [6.45, 7) is 3.86. The van der Waals surface area contributed by atoms with Crippen LogP contribution >= 0.6 is 22.9 Å². The summed E-state index contributed by atoms with van der Waals surface area (Å²) in [5, 5.41) is 4.10. The van der Waals surface area contributed by atoms with E-state index in [-0.39, 0.29) is 5.02 Å². The average Bonchev–Trinajstić information content (AvgIpc) is 2.82. The zero-order chi connectivity index (χ0) is 13.0. The maximum Gasteiger partial charge on any atom is 0.152 e. The summed E-state index contributed by atoms with van der Waals surface area (Å²) in [5.41, 5.74) is 0.467. The highest BCUT2D eigenvalue weighted by atomic mass is 35.5. The molecule has 18 heavy (non-hydrogen) atoms. The fraction of sp³-hybridized carbons (Fsp3) is 0.308. The number of benzene rings is 1. The number of hydrogen-bond donors (Lipinski definition) is 1. The lowest BCUT2D eigenvalue weighted by atomic mass is 10.2. The van der Waals surface area contributed by atoms with Crippen molar-refractivity contribution in [3.8, 4) is 10.6 Å². The SMILES string of the molecule is CCCNCc1cnc(-c2cccc(Cl)c2F)s1. The van der Waals surface area contributed by atoms with Gasteiger partial charge in [0.1, 0.15) is 5.01 Å². The van der Waals surface area contributed by atoms with Crippen LogP contribution in [0.2, 0.25) is 5.02 Å². The zero-order valence-electron chi connectivity index (χ0n) is 10.0. The Balaban J connectivity index is 2.16. The van der Waals surface area contributed by atoms with Crippen LogP contribution in [0.3, 0.4) is 0 Å². The second kappa shape index (κ2) is 6.27. The molecule has 0 saturated heterocycles. The third-order valence-corrected chi connectivity index (χ3v) is 3.78. The summed E-state index contributed by atoms with van der Waals surface area (Å²) in [5.74, 6) is -0.401. The molecule has 0 aliphatic rings. The molecule has 1 heterocycles. The monoisotopic (exact) mass is 284 g/mol. The number of nitrogens with zero attached hydrogens (tertiary/aromatic N) is 1. The van der Waals surface area contributed by atoms with Crippen molar-refractivity contribution in [3.05, 3.63) is 40.1 Å². The second-order valence-corrected chi connectivity index (χ2v) is 5.43. The van der Waals surface area contributed by atoms with Crippen molar-refractivity contribution in [2.24, 2.45) is 0 Å². The molecule has 0 aliphatic carbocycles. The van der Waals surface area contributed by atoms with Gasteiger partial charge in [0, 0.05) is 23.2 Å². The smallest absolute Gasteiger partial charge is 0.152 e. The summed E-state index contributed by atoms with van der Waals surface area (Å²) in [6.07, 6.45) is 2.87. The topological polar surface area (TPSA) is 24.9 Å². The predicted octanol–water partition coefficient (Wildman–Crippen LogP) is 4.10. The van der Waals surface area contributed by atoms with Gasteiger partial charge in [-0.15, -0.1) is 11.3 Å². The van der Waals surface area contributed by atoms with E-state index in [1.165, 1.54) is 17.4 Å². The van der Waals surface area contributed by atoms with Crippen LogP contribution in [-0.4, -0.2) is 11.5 Å². The van der Waals surface area contributed by atoms with Crippen molar-refractivity contribution in [2.45, 2.75) is 19.9 Å². The van der Waals surface area contributed by atoms with Crippen LogP contribution in [0.1, 0.15) is 18.2 Å². The molecule has 0 radical (unpaired) electrons. The Bertz CT molecular complexity index is 527. The van der Waals surface area contributed by atoms with Crippen LogP contribution in [0.25, 0.3) is 10.6 Å². The van der Waals surface area contributed by atoms with E-state index in [0.717, 1.165) is 24.4 Å². The van der Waals surface area contributed by atoms with Crippen LogP contribution in [0, 0.1) is 5.82 Å². The largest absolute Gasteiger partial charge is 0.312 e. The number of nitrogens with one attached hydrogen (secondary N) is 1. The number of halogens is 2. The van der Waals surface area contributed by atoms with Gasteiger partial charge in [0.2, 0.25) is 0 Å². The van der Waals surface area contributed by atoms with Gasteiger partial charge in [0.05, 0.1) is 5.02 Å². The second-order valence-electron chi connectivity index (χ2n) is 3.91. The van der Waals surface area contributed by atoms with Crippen molar-refractivity contribution < 1.29 is 4.39 Å². The summed E-state index contributed by atoms with van der Waals surface area (Å²) >= 11 is 7.25. The Morgan fingerprint density at radius 2 is 2.28 bits per heavy atom. The molecule has 2 nitrogen and oxygen atoms in total. The minimum absolute atomic E-state index is 0.133. The van der Waals surface area contributed by atoms with Crippen LogP contribution in [-0.2, 0) is 6.54 Å². The van der Waals surface area contributed by atoms with E-state index in [1.807, 2.05) is 0 Å². The standard InChI is InChI=1S/C13H14ClFN2S/c1-2-6-16-7-9-8-17-13(18-9)10-4-3-5-11(14)12(10)15/h3-5,8,16H,2,6-7H2,1H3. The van der Waals surface area contributed by atoms with Gasteiger partial charge in [-0.3, -0.25) is 0 Å². The lowest BCUT2D eigenvalue weighted by molar-refractivity contribution is 0.631. The summed E-state index contributed by atoms with van der Waals surface area (Å²) in [6, 6.07) is 4.97. The van der Waals surface area contributed by atoms with Crippen LogP contribution < -0.4 is 5.32 Å². The summed E-state index contributed by atoms with van der Waals surface area (Å²) < 4.78 is 13.8. The van der Waals surface area contributed by atoms with E-state index < -0.39 is 5.82 Å². The third kappa shape index (κ3) is 3.07. The van der Waals surface area contributed by atoms with Gasteiger partial charge < -0.3 is 5.32 Å². The third-order valence-electron chi connectivity index (χ3n) is 2.46. The van der Waals surface area contributed by atoms with E-state index in [2.05, 4.69) is 17.2 Å². The number of thiazole rings is 1. The first-order valence-electron chi connectivity index (χ1n) is 5.82. The van der Waals surface area contributed by atoms with Crippen LogP contribution in [0.15, 0.2) is 24.4 Å². The first kappa shape index (κ1) is 13.5. The van der Waals surface area contributed by atoms with Gasteiger partial charge in [-0.05, 0) is 25.1 Å². The van der Waals surface area contributed by atoms with Gasteiger partial charge in [-0.2, -0.15) is 0 Å². The highest BCUT2D eigenvalue weighted by molar-refractivity contribution is 7.15. The lowest BCUT2D eigenvalue weighted by Gasteiger charge is -2.00. The average molecular weight is 285 g/mol. The van der Waals surface area contributed by atoms with Crippen molar-refractivity contribution in [1.29, 1.82) is 0 Å². The summed E-state index contributed by atoms with van der Waals surface area (Å²) in [7, 11) is 0. The fourth-order valence-corrected chi connectivity index (χ4v) is 2.65. The highest BCUT2D eigenvalue weighted by Gasteiger charge is 2.11. The van der Waals surface area contributed by atoms with Crippen molar-refractivity contribution in [2.75, 3.05) is 6.54 Å². The van der Waals surface area contributed by atoms with E-state index in [0.29, 0.717) is 10.6 Å². The molecular weight excluding hydrogens is 271 g/mol. The van der Waals surface area contributed by atoms with Crippen LogP contribution in [0.5, 0.6) is 0 Å². The van der Waals surface area contributed by atoms with Gasteiger partial charge in [0.25, 0.3) is 0 Å². The van der Waals surface area contributed by atoms with Gasteiger partial charge in [0.15, 0.2) is 5.82 Å². The van der Waals surface area contributed by atoms with Gasteiger partial charge in [-0.25, -0.2) is 9.37 Å². The molecule has 2 aromatic rings. The van der Waals surface area contributed by atoms with Gasteiger partial charge in [-0.1, -0.05) is 24.6 Å². The molecule has 0 saturated carbocycles. The Morgan fingerprint density at radius 1 is 1.44 bits per heavy atom. The highest BCUT2D eigenvalue weighted by Crippen LogP contribution is 2.30. The van der Waals surface area contributed by atoms with E-state index in [4.69, 9.17) is 11.6 Å². The van der Waals surface area contributed by atoms with E-state index >= 15 is 0 Å². The molecule has 0 atom stereocenters. The molecule has 0 fully saturated rings. The Hall–Kier alpha value is -0.970. The minimum atomic E-state index is -0.401. The van der Waals surface area contributed by atoms with Crippen molar-refractivity contribution in [1.82, 2.24) is 10.3 Å². The Morgan fingerprint density at radius 3 is 3.06 bits per heavy atom. The molecule has 0 unspecified atom stereocenters. The first-order chi connectivity index (χ1) is 8.72. The molecule has 5 heteroatoms. The Kier molecular flexibility index (Phi) is 4.69. The predicted molar refractivity (Wildman–Crippen MR) is 74.5 cm³/mol. The van der Waals surface area contributed by atoms with Gasteiger partial charge >= 0.3 is 0 Å². The van der Waals surface area contributed by atoms with Crippen molar-refractivity contribution in [3.63, 3.8) is 0 Å². The minimum Gasteiger partial charge on any atom is -0.312 e. The molecule has 2 rings (SSSR count). The van der Waals surface area contributed by atoms with Crippen LogP contribution in [0.4, 0.5) is 4.39 Å². The molecule has 0 aliphatic heterocycles. The maximum atomic E-state index is 13.8. The summed E-state index contributed by atoms with van der Waals surface area (Å²) in [4.78, 5) is 5.34. The Labute approximate surface area is 115 Å². The quantitative estimate of drug-likeness (QED) is 0.836. The molecule has 96 valence electrons. The zero-order valence-corrected chi connectivity index (χ0v) is 11.6. The molecular formula is C13H14ClFN2S. The first-order valence-corrected chi connectivity index (χ1v) is 7.01. The lowest BCUT2D eigenvalue weighted by Crippen LogP contribution is -2.12. The number of hydrogen-bond acceptors (Lipinski definition) is 3. The molecule has 0 spiro atoms. The van der Waals surface area contributed by atoms with E-state index in [1.54, 1.807) is 18.3 Å². The fourth-order valence-electron chi connectivity index (χ4n) is 1.57. The molecule has 0 amide bonds. The molecule has 1 aromatic heterocycles. The number of rotatable bonds is 5. The maximum absolute atomic E-state index is 13.8. The molecule has 1 N–H and O–H groups in total. The van der Waals surface area contributed by atoms with Crippen molar-refractivity contribution >= 4 is 22.9 Å². The molecule has 1 aromatic carbocycles. The normalized spacial score (nSPS) is 10.8. The van der Waals surface area contributed by atoms with E-state index in [9.17, 15) is 4.39 Å². The number of aromatic nitrogens is 1.